The maximum absolute atomic E-state index is 4.76. The van der Waals surface area contributed by atoms with Crippen LogP contribution in [0.5, 0.6) is 0 Å². The van der Waals surface area contributed by atoms with Gasteiger partial charge in [-0.15, -0.1) is 0 Å². The zero-order valence-corrected chi connectivity index (χ0v) is 25.4. The van der Waals surface area contributed by atoms with E-state index >= 15 is 0 Å². The van der Waals surface area contributed by atoms with Crippen molar-refractivity contribution in [2.24, 2.45) is 0 Å². The van der Waals surface area contributed by atoms with Gasteiger partial charge in [-0.3, -0.25) is 9.97 Å². The second kappa shape index (κ2) is 10.1. The van der Waals surface area contributed by atoms with Gasteiger partial charge in [0.15, 0.2) is 0 Å². The van der Waals surface area contributed by atoms with E-state index < -0.39 is 0 Å². The Morgan fingerprint density at radius 3 is 1.70 bits per heavy atom. The van der Waals surface area contributed by atoms with Gasteiger partial charge in [-0.25, -0.2) is 0 Å². The summed E-state index contributed by atoms with van der Waals surface area (Å²) in [6.45, 7) is 0. The normalized spacial score (nSPS) is 11.8. The maximum atomic E-state index is 4.76. The minimum atomic E-state index is 0.927. The molecular weight excluding hydrogens is 571 g/mol. The van der Waals surface area contributed by atoms with E-state index in [1.54, 1.807) is 6.20 Å². The summed E-state index contributed by atoms with van der Waals surface area (Å²) in [6.07, 6.45) is 5.60. The van der Waals surface area contributed by atoms with Gasteiger partial charge in [0.05, 0.1) is 16.7 Å². The van der Waals surface area contributed by atoms with Crippen LogP contribution in [0, 0.1) is 0 Å². The summed E-state index contributed by atoms with van der Waals surface area (Å²) in [7, 11) is 0. The molecule has 3 nitrogen and oxygen atoms in total. The van der Waals surface area contributed by atoms with Crippen molar-refractivity contribution in [3.8, 4) is 39.2 Å². The highest BCUT2D eigenvalue weighted by atomic mass is 15.0. The molecule has 0 amide bonds. The van der Waals surface area contributed by atoms with Gasteiger partial charge in [0, 0.05) is 46.2 Å². The Balaban J connectivity index is 1.10. The van der Waals surface area contributed by atoms with E-state index in [-0.39, 0.29) is 0 Å². The maximum Gasteiger partial charge on any atom is 0.0717 e. The second-order valence-electron chi connectivity index (χ2n) is 12.3. The number of fused-ring (bicyclic) bond motifs is 3. The summed E-state index contributed by atoms with van der Waals surface area (Å²) in [5, 5.41) is 10.2. The lowest BCUT2D eigenvalue weighted by molar-refractivity contribution is 1.18. The summed E-state index contributed by atoms with van der Waals surface area (Å²) in [6, 6.07) is 52.9. The van der Waals surface area contributed by atoms with E-state index in [2.05, 4.69) is 143 Å². The Kier molecular flexibility index (Phi) is 5.57. The average Bonchev–Trinajstić information content (AvgIpc) is 3.48. The highest BCUT2D eigenvalue weighted by molar-refractivity contribution is 6.24. The molecule has 0 spiro atoms. The molecule has 0 aliphatic rings. The Morgan fingerprint density at radius 1 is 0.404 bits per heavy atom. The fraction of sp³-hybridized carbons (Fsp3) is 0. The van der Waals surface area contributed by atoms with Crippen LogP contribution in [0.15, 0.2) is 164 Å². The molecule has 0 unspecified atom stereocenters. The zero-order chi connectivity index (χ0) is 30.9. The smallest absolute Gasteiger partial charge is 0.0717 e. The molecule has 0 bridgehead atoms. The quantitative estimate of drug-likeness (QED) is 0.189. The van der Waals surface area contributed by atoms with Crippen LogP contribution in [0.4, 0.5) is 0 Å². The van der Waals surface area contributed by atoms with Crippen LogP contribution in [0.3, 0.4) is 0 Å². The number of pyridine rings is 2. The molecule has 10 rings (SSSR count). The van der Waals surface area contributed by atoms with E-state index in [0.29, 0.717) is 0 Å². The number of para-hydroxylation sites is 2. The lowest BCUT2D eigenvalue weighted by atomic mass is 9.89. The van der Waals surface area contributed by atoms with Crippen LogP contribution in [0.2, 0.25) is 0 Å². The molecule has 3 heteroatoms. The van der Waals surface area contributed by atoms with Crippen molar-refractivity contribution in [3.05, 3.63) is 164 Å². The second-order valence-corrected chi connectivity index (χ2v) is 12.3. The van der Waals surface area contributed by atoms with Crippen LogP contribution in [0.1, 0.15) is 0 Å². The third kappa shape index (κ3) is 4.07. The number of benzene rings is 7. The van der Waals surface area contributed by atoms with Crippen LogP contribution in [-0.4, -0.2) is 14.5 Å². The Labute approximate surface area is 271 Å². The van der Waals surface area contributed by atoms with Gasteiger partial charge in [0.25, 0.3) is 0 Å². The molecule has 0 saturated carbocycles. The molecule has 3 heterocycles. The lowest BCUT2D eigenvalue weighted by Crippen LogP contribution is -1.93. The summed E-state index contributed by atoms with van der Waals surface area (Å²) in [5.41, 5.74) is 10.3. The standard InChI is InChI=1S/C44H27N3/c1-2-8-37(9-3-1)47-41-11-5-4-10-38(41)39-18-16-28(25-42(39)47)35-21-29-12-14-31-23-36(24-32-15-13-30(22-35)43(29)44(31)32)33-17-19-40(46-27-33)34-7-6-20-45-26-34/h1-27H. The van der Waals surface area contributed by atoms with E-state index in [0.717, 1.165) is 16.8 Å². The molecule has 0 fully saturated rings. The molecule has 47 heavy (non-hydrogen) atoms. The predicted molar refractivity (Wildman–Crippen MR) is 196 cm³/mol. The van der Waals surface area contributed by atoms with Crippen molar-refractivity contribution in [2.75, 3.05) is 0 Å². The van der Waals surface area contributed by atoms with E-state index in [1.165, 1.54) is 76.5 Å². The van der Waals surface area contributed by atoms with Crippen molar-refractivity contribution in [3.63, 3.8) is 0 Å². The average molecular weight is 598 g/mol. The molecule has 0 atom stereocenters. The third-order valence-electron chi connectivity index (χ3n) is 9.61. The minimum Gasteiger partial charge on any atom is -0.309 e. The van der Waals surface area contributed by atoms with E-state index in [1.807, 2.05) is 24.5 Å². The number of hydrogen-bond donors (Lipinski definition) is 0. The highest BCUT2D eigenvalue weighted by Crippen LogP contribution is 2.41. The highest BCUT2D eigenvalue weighted by Gasteiger charge is 2.15. The molecule has 7 aromatic carbocycles. The van der Waals surface area contributed by atoms with Gasteiger partial charge in [-0.2, -0.15) is 0 Å². The number of aromatic nitrogens is 3. The fourth-order valence-corrected chi connectivity index (χ4v) is 7.43. The van der Waals surface area contributed by atoms with Gasteiger partial charge >= 0.3 is 0 Å². The van der Waals surface area contributed by atoms with Crippen molar-refractivity contribution in [2.45, 2.75) is 0 Å². The molecule has 0 saturated heterocycles. The molecule has 0 aliphatic heterocycles. The number of hydrogen-bond acceptors (Lipinski definition) is 2. The van der Waals surface area contributed by atoms with E-state index in [4.69, 9.17) is 4.98 Å². The third-order valence-corrected chi connectivity index (χ3v) is 9.61. The van der Waals surface area contributed by atoms with Crippen molar-refractivity contribution >= 4 is 54.1 Å². The lowest BCUT2D eigenvalue weighted by Gasteiger charge is -2.15. The van der Waals surface area contributed by atoms with Gasteiger partial charge in [-0.1, -0.05) is 78.9 Å². The zero-order valence-electron chi connectivity index (χ0n) is 25.4. The Bertz CT molecular complexity index is 2690. The molecule has 0 N–H and O–H groups in total. The molecular formula is C44H27N3. The molecule has 10 aromatic rings. The summed E-state index contributed by atoms with van der Waals surface area (Å²) < 4.78 is 2.39. The summed E-state index contributed by atoms with van der Waals surface area (Å²) in [5.74, 6) is 0. The van der Waals surface area contributed by atoms with Crippen LogP contribution >= 0.6 is 0 Å². The first-order valence-electron chi connectivity index (χ1n) is 16.0. The fourth-order valence-electron chi connectivity index (χ4n) is 7.43. The largest absolute Gasteiger partial charge is 0.309 e. The number of nitrogens with zero attached hydrogens (tertiary/aromatic N) is 3. The van der Waals surface area contributed by atoms with Crippen LogP contribution < -0.4 is 0 Å². The summed E-state index contributed by atoms with van der Waals surface area (Å²) in [4.78, 5) is 8.99. The first-order chi connectivity index (χ1) is 23.3. The first kappa shape index (κ1) is 26.0. The van der Waals surface area contributed by atoms with Gasteiger partial charge in [0.2, 0.25) is 0 Å². The predicted octanol–water partition coefficient (Wildman–Crippen LogP) is 11.5. The summed E-state index contributed by atoms with van der Waals surface area (Å²) >= 11 is 0. The van der Waals surface area contributed by atoms with Gasteiger partial charge in [-0.05, 0) is 116 Å². The molecule has 218 valence electrons. The van der Waals surface area contributed by atoms with Crippen molar-refractivity contribution in [1.29, 1.82) is 0 Å². The van der Waals surface area contributed by atoms with Crippen LogP contribution in [-0.2, 0) is 0 Å². The topological polar surface area (TPSA) is 30.7 Å². The van der Waals surface area contributed by atoms with Crippen LogP contribution in [0.25, 0.3) is 93.3 Å². The van der Waals surface area contributed by atoms with Crippen molar-refractivity contribution < 1.29 is 0 Å². The molecule has 3 aromatic heterocycles. The first-order valence-corrected chi connectivity index (χ1v) is 16.0. The van der Waals surface area contributed by atoms with Crippen molar-refractivity contribution in [1.82, 2.24) is 14.5 Å². The molecule has 0 radical (unpaired) electrons. The monoisotopic (exact) mass is 597 g/mol. The Hall–Kier alpha value is -6.32. The van der Waals surface area contributed by atoms with Gasteiger partial charge in [0.1, 0.15) is 0 Å². The minimum absolute atomic E-state index is 0.927. The van der Waals surface area contributed by atoms with E-state index in [9.17, 15) is 0 Å². The number of rotatable bonds is 4. The SMILES string of the molecule is c1ccc(-n2c3ccccc3c3ccc(-c4cc5ccc6cc(-c7ccc(-c8cccnc8)nc7)cc7ccc(c4)c5c67)cc32)cc1. The Morgan fingerprint density at radius 2 is 1.04 bits per heavy atom. The van der Waals surface area contributed by atoms with Gasteiger partial charge < -0.3 is 4.57 Å². The molecule has 0 aliphatic carbocycles.